The largest absolute Gasteiger partial charge is 0.394 e. The molecule has 5 nitrogen and oxygen atoms in total. The Labute approximate surface area is 122 Å². The molecule has 2 aromatic heterocycles. The number of hydrogen-bond donors (Lipinski definition) is 3. The Bertz CT molecular complexity index is 551. The highest BCUT2D eigenvalue weighted by molar-refractivity contribution is 7.13. The van der Waals surface area contributed by atoms with E-state index in [-0.39, 0.29) is 24.5 Å². The first-order valence-corrected chi connectivity index (χ1v) is 7.54. The summed E-state index contributed by atoms with van der Waals surface area (Å²) in [5.74, 6) is -0.0388. The van der Waals surface area contributed by atoms with E-state index in [0.29, 0.717) is 5.69 Å². The Kier molecular flexibility index (Phi) is 4.92. The maximum atomic E-state index is 12.1. The molecule has 0 fully saturated rings. The SMILES string of the molecule is CC[C@H](C)[C@@H](CO)NC(=O)c1cc(-c2cccs2)[nH]n1. The first-order chi connectivity index (χ1) is 9.65. The highest BCUT2D eigenvalue weighted by Gasteiger charge is 2.20. The lowest BCUT2D eigenvalue weighted by molar-refractivity contribution is 0.0886. The van der Waals surface area contributed by atoms with E-state index in [1.807, 2.05) is 31.4 Å². The van der Waals surface area contributed by atoms with Crippen LogP contribution in [0, 0.1) is 5.92 Å². The molecule has 0 aliphatic rings. The molecule has 2 rings (SSSR count). The van der Waals surface area contributed by atoms with E-state index >= 15 is 0 Å². The van der Waals surface area contributed by atoms with Gasteiger partial charge in [-0.25, -0.2) is 0 Å². The lowest BCUT2D eigenvalue weighted by Gasteiger charge is -2.21. The molecule has 20 heavy (non-hydrogen) atoms. The van der Waals surface area contributed by atoms with Crippen molar-refractivity contribution in [1.82, 2.24) is 15.5 Å². The van der Waals surface area contributed by atoms with Crippen LogP contribution in [-0.2, 0) is 0 Å². The van der Waals surface area contributed by atoms with Crippen molar-refractivity contribution in [3.8, 4) is 10.6 Å². The summed E-state index contributed by atoms with van der Waals surface area (Å²) in [7, 11) is 0. The molecule has 0 spiro atoms. The van der Waals surface area contributed by atoms with Crippen LogP contribution in [0.25, 0.3) is 10.6 Å². The van der Waals surface area contributed by atoms with Gasteiger partial charge in [0.25, 0.3) is 5.91 Å². The second kappa shape index (κ2) is 6.67. The van der Waals surface area contributed by atoms with Crippen molar-refractivity contribution in [2.75, 3.05) is 6.61 Å². The molecule has 2 atom stereocenters. The minimum absolute atomic E-state index is 0.0665. The summed E-state index contributed by atoms with van der Waals surface area (Å²) in [5.41, 5.74) is 1.17. The molecule has 0 saturated heterocycles. The van der Waals surface area contributed by atoms with Crippen molar-refractivity contribution in [2.24, 2.45) is 5.92 Å². The maximum absolute atomic E-state index is 12.1. The molecule has 3 N–H and O–H groups in total. The Hall–Kier alpha value is -1.66. The van der Waals surface area contributed by atoms with Crippen molar-refractivity contribution in [3.63, 3.8) is 0 Å². The van der Waals surface area contributed by atoms with Crippen LogP contribution in [0.3, 0.4) is 0 Å². The number of aliphatic hydroxyl groups excluding tert-OH is 1. The van der Waals surface area contributed by atoms with Gasteiger partial charge in [0.15, 0.2) is 5.69 Å². The van der Waals surface area contributed by atoms with E-state index in [4.69, 9.17) is 0 Å². The fourth-order valence-corrected chi connectivity index (χ4v) is 2.58. The van der Waals surface area contributed by atoms with Gasteiger partial charge >= 0.3 is 0 Å². The van der Waals surface area contributed by atoms with Crippen LogP contribution in [0.1, 0.15) is 30.8 Å². The van der Waals surface area contributed by atoms with Crippen molar-refractivity contribution in [1.29, 1.82) is 0 Å². The summed E-state index contributed by atoms with van der Waals surface area (Å²) >= 11 is 1.59. The van der Waals surface area contributed by atoms with E-state index in [0.717, 1.165) is 17.0 Å². The predicted octanol–water partition coefficient (Wildman–Crippen LogP) is 2.27. The molecule has 0 bridgehead atoms. The monoisotopic (exact) mass is 293 g/mol. The average molecular weight is 293 g/mol. The van der Waals surface area contributed by atoms with Gasteiger partial charge in [-0.15, -0.1) is 11.3 Å². The number of thiophene rings is 1. The molecule has 0 aliphatic carbocycles. The van der Waals surface area contributed by atoms with E-state index in [9.17, 15) is 9.90 Å². The number of aliphatic hydroxyl groups is 1. The van der Waals surface area contributed by atoms with Gasteiger partial charge in [0, 0.05) is 0 Å². The summed E-state index contributed by atoms with van der Waals surface area (Å²) < 4.78 is 0. The van der Waals surface area contributed by atoms with E-state index in [2.05, 4.69) is 15.5 Å². The number of aromatic amines is 1. The zero-order valence-electron chi connectivity index (χ0n) is 11.6. The van der Waals surface area contributed by atoms with E-state index in [1.165, 1.54) is 0 Å². The molecule has 2 aromatic rings. The van der Waals surface area contributed by atoms with E-state index < -0.39 is 0 Å². The lowest BCUT2D eigenvalue weighted by atomic mass is 10.00. The third-order valence-corrected chi connectivity index (χ3v) is 4.34. The van der Waals surface area contributed by atoms with Gasteiger partial charge in [-0.05, 0) is 23.4 Å². The molecule has 0 aromatic carbocycles. The van der Waals surface area contributed by atoms with Crippen LogP contribution in [0.4, 0.5) is 0 Å². The van der Waals surface area contributed by atoms with Gasteiger partial charge in [0.05, 0.1) is 23.2 Å². The van der Waals surface area contributed by atoms with Crippen molar-refractivity contribution >= 4 is 17.2 Å². The van der Waals surface area contributed by atoms with Crippen molar-refractivity contribution < 1.29 is 9.90 Å². The summed E-state index contributed by atoms with van der Waals surface area (Å²) in [6.07, 6.45) is 0.895. The maximum Gasteiger partial charge on any atom is 0.272 e. The summed E-state index contributed by atoms with van der Waals surface area (Å²) in [4.78, 5) is 13.2. The topological polar surface area (TPSA) is 78.0 Å². The number of hydrogen-bond acceptors (Lipinski definition) is 4. The van der Waals surface area contributed by atoms with Crippen LogP contribution in [0.15, 0.2) is 23.6 Å². The zero-order chi connectivity index (χ0) is 14.5. The first-order valence-electron chi connectivity index (χ1n) is 6.66. The minimum Gasteiger partial charge on any atom is -0.394 e. The zero-order valence-corrected chi connectivity index (χ0v) is 12.4. The number of carbonyl (C=O) groups is 1. The molecule has 6 heteroatoms. The molecular weight excluding hydrogens is 274 g/mol. The van der Waals surface area contributed by atoms with Gasteiger partial charge < -0.3 is 10.4 Å². The molecule has 0 radical (unpaired) electrons. The highest BCUT2D eigenvalue weighted by Crippen LogP contribution is 2.22. The van der Waals surface area contributed by atoms with Gasteiger partial charge in [-0.1, -0.05) is 26.3 Å². The summed E-state index contributed by atoms with van der Waals surface area (Å²) in [5, 5.41) is 21.0. The van der Waals surface area contributed by atoms with Gasteiger partial charge in [-0.2, -0.15) is 5.10 Å². The smallest absolute Gasteiger partial charge is 0.272 e. The molecule has 2 heterocycles. The Morgan fingerprint density at radius 2 is 2.40 bits per heavy atom. The molecule has 0 saturated carbocycles. The first kappa shape index (κ1) is 14.7. The number of H-pyrrole nitrogens is 1. The van der Waals surface area contributed by atoms with Crippen LogP contribution in [0.5, 0.6) is 0 Å². The molecule has 0 unspecified atom stereocenters. The molecular formula is C14H19N3O2S. The normalized spacial score (nSPS) is 13.9. The fourth-order valence-electron chi connectivity index (χ4n) is 1.89. The second-order valence-electron chi connectivity index (χ2n) is 4.79. The Balaban J connectivity index is 2.06. The third-order valence-electron chi connectivity index (χ3n) is 3.44. The van der Waals surface area contributed by atoms with Crippen LogP contribution in [0.2, 0.25) is 0 Å². The van der Waals surface area contributed by atoms with E-state index in [1.54, 1.807) is 17.4 Å². The van der Waals surface area contributed by atoms with Crippen LogP contribution in [-0.4, -0.2) is 33.9 Å². The molecule has 0 aliphatic heterocycles. The van der Waals surface area contributed by atoms with Gasteiger partial charge in [-0.3, -0.25) is 9.89 Å². The minimum atomic E-state index is -0.261. The Morgan fingerprint density at radius 3 is 3.00 bits per heavy atom. The fraction of sp³-hybridized carbons (Fsp3) is 0.429. The van der Waals surface area contributed by atoms with Crippen molar-refractivity contribution in [2.45, 2.75) is 26.3 Å². The third kappa shape index (κ3) is 3.26. The molecule has 1 amide bonds. The number of nitrogens with one attached hydrogen (secondary N) is 2. The Morgan fingerprint density at radius 1 is 1.60 bits per heavy atom. The summed E-state index contributed by atoms with van der Waals surface area (Å²) in [6, 6.07) is 5.40. The van der Waals surface area contributed by atoms with Crippen LogP contribution < -0.4 is 5.32 Å². The van der Waals surface area contributed by atoms with Gasteiger partial charge in [0.1, 0.15) is 0 Å². The summed E-state index contributed by atoms with van der Waals surface area (Å²) in [6.45, 7) is 3.97. The van der Waals surface area contributed by atoms with Crippen LogP contribution >= 0.6 is 11.3 Å². The molecule has 108 valence electrons. The second-order valence-corrected chi connectivity index (χ2v) is 5.74. The lowest BCUT2D eigenvalue weighted by Crippen LogP contribution is -2.42. The predicted molar refractivity (Wildman–Crippen MR) is 79.7 cm³/mol. The standard InChI is InChI=1S/C14H19N3O2S/c1-3-9(2)12(8-18)15-14(19)11-7-10(16-17-11)13-5-4-6-20-13/h4-7,9,12,18H,3,8H2,1-2H3,(H,15,19)(H,16,17)/t9-,12+/m0/s1. The quantitative estimate of drug-likeness (QED) is 0.764. The number of rotatable bonds is 6. The average Bonchev–Trinajstić information content (AvgIpc) is 3.13. The number of aromatic nitrogens is 2. The van der Waals surface area contributed by atoms with Crippen molar-refractivity contribution in [3.05, 3.63) is 29.3 Å². The number of nitrogens with zero attached hydrogens (tertiary/aromatic N) is 1. The highest BCUT2D eigenvalue weighted by atomic mass is 32.1. The van der Waals surface area contributed by atoms with Gasteiger partial charge in [0.2, 0.25) is 0 Å². The number of carbonyl (C=O) groups excluding carboxylic acids is 1. The number of amides is 1.